The van der Waals surface area contributed by atoms with Gasteiger partial charge in [0.05, 0.1) is 6.10 Å². The molecule has 1 amide bonds. The molecule has 0 atom stereocenters. The first-order valence-electron chi connectivity index (χ1n) is 6.91. The van der Waals surface area contributed by atoms with E-state index in [9.17, 15) is 4.79 Å². The lowest BCUT2D eigenvalue weighted by molar-refractivity contribution is -0.128. The zero-order valence-corrected chi connectivity index (χ0v) is 12.2. The van der Waals surface area contributed by atoms with E-state index in [1.165, 1.54) is 18.6 Å². The SMILES string of the molecule is CSCCCCCNC(=O)COC1CCNCC1. The van der Waals surface area contributed by atoms with Crippen LogP contribution in [0.3, 0.4) is 0 Å². The van der Waals surface area contributed by atoms with Crippen molar-refractivity contribution in [1.82, 2.24) is 10.6 Å². The minimum atomic E-state index is 0.0263. The van der Waals surface area contributed by atoms with E-state index >= 15 is 0 Å². The van der Waals surface area contributed by atoms with E-state index in [-0.39, 0.29) is 18.6 Å². The smallest absolute Gasteiger partial charge is 0.246 e. The average molecular weight is 274 g/mol. The molecule has 0 aromatic carbocycles. The topological polar surface area (TPSA) is 50.4 Å². The van der Waals surface area contributed by atoms with Crippen LogP contribution in [0.2, 0.25) is 0 Å². The van der Waals surface area contributed by atoms with Gasteiger partial charge in [-0.15, -0.1) is 0 Å². The van der Waals surface area contributed by atoms with Crippen LogP contribution in [0.4, 0.5) is 0 Å². The molecule has 2 N–H and O–H groups in total. The van der Waals surface area contributed by atoms with Crippen molar-refractivity contribution in [3.05, 3.63) is 0 Å². The van der Waals surface area contributed by atoms with Gasteiger partial charge in [0.25, 0.3) is 0 Å². The third-order valence-corrected chi connectivity index (χ3v) is 3.78. The number of hydrogen-bond donors (Lipinski definition) is 2. The first-order valence-corrected chi connectivity index (χ1v) is 8.30. The van der Waals surface area contributed by atoms with Gasteiger partial charge in [-0.05, 0) is 50.8 Å². The van der Waals surface area contributed by atoms with Crippen molar-refractivity contribution < 1.29 is 9.53 Å². The summed E-state index contributed by atoms with van der Waals surface area (Å²) < 4.78 is 5.58. The summed E-state index contributed by atoms with van der Waals surface area (Å²) in [5, 5.41) is 6.19. The Morgan fingerprint density at radius 2 is 2.11 bits per heavy atom. The normalized spacial score (nSPS) is 16.7. The summed E-state index contributed by atoms with van der Waals surface area (Å²) in [6.07, 6.45) is 7.92. The summed E-state index contributed by atoms with van der Waals surface area (Å²) in [5.74, 6) is 1.24. The second-order valence-electron chi connectivity index (χ2n) is 4.66. The van der Waals surface area contributed by atoms with E-state index in [4.69, 9.17) is 4.74 Å². The minimum Gasteiger partial charge on any atom is -0.368 e. The van der Waals surface area contributed by atoms with Crippen LogP contribution in [0.5, 0.6) is 0 Å². The molecule has 18 heavy (non-hydrogen) atoms. The Morgan fingerprint density at radius 3 is 2.83 bits per heavy atom. The number of nitrogens with one attached hydrogen (secondary N) is 2. The van der Waals surface area contributed by atoms with Crippen molar-refractivity contribution in [2.75, 3.05) is 38.2 Å². The molecule has 0 aromatic heterocycles. The van der Waals surface area contributed by atoms with Gasteiger partial charge in [-0.1, -0.05) is 6.42 Å². The Morgan fingerprint density at radius 1 is 1.33 bits per heavy atom. The Labute approximate surface area is 115 Å². The van der Waals surface area contributed by atoms with Gasteiger partial charge in [0, 0.05) is 6.54 Å². The summed E-state index contributed by atoms with van der Waals surface area (Å²) in [6, 6.07) is 0. The Kier molecular flexibility index (Phi) is 9.34. The van der Waals surface area contributed by atoms with E-state index in [1.807, 2.05) is 11.8 Å². The predicted molar refractivity (Wildman–Crippen MR) is 77.1 cm³/mol. The van der Waals surface area contributed by atoms with Crippen LogP contribution in [0.25, 0.3) is 0 Å². The molecule has 1 heterocycles. The fourth-order valence-electron chi connectivity index (χ4n) is 1.98. The molecule has 0 aliphatic carbocycles. The molecular weight excluding hydrogens is 248 g/mol. The number of piperidine rings is 1. The molecule has 4 nitrogen and oxygen atoms in total. The molecule has 1 saturated heterocycles. The fraction of sp³-hybridized carbons (Fsp3) is 0.923. The Hall–Kier alpha value is -0.260. The Balaban J connectivity index is 1.90. The molecule has 0 spiro atoms. The van der Waals surface area contributed by atoms with Crippen LogP contribution in [0.15, 0.2) is 0 Å². The second kappa shape index (κ2) is 10.6. The summed E-state index contributed by atoms with van der Waals surface area (Å²) >= 11 is 1.88. The first-order chi connectivity index (χ1) is 8.83. The monoisotopic (exact) mass is 274 g/mol. The third-order valence-electron chi connectivity index (χ3n) is 3.08. The van der Waals surface area contributed by atoms with Crippen LogP contribution in [0, 0.1) is 0 Å². The van der Waals surface area contributed by atoms with Crippen LogP contribution in [-0.4, -0.2) is 50.3 Å². The van der Waals surface area contributed by atoms with E-state index in [1.54, 1.807) is 0 Å². The van der Waals surface area contributed by atoms with Crippen LogP contribution < -0.4 is 10.6 Å². The molecule has 0 aromatic rings. The molecule has 1 rings (SSSR count). The molecule has 1 fully saturated rings. The van der Waals surface area contributed by atoms with Gasteiger partial charge in [-0.2, -0.15) is 11.8 Å². The van der Waals surface area contributed by atoms with Crippen molar-refractivity contribution in [3.8, 4) is 0 Å². The van der Waals surface area contributed by atoms with Gasteiger partial charge in [0.15, 0.2) is 0 Å². The van der Waals surface area contributed by atoms with E-state index in [2.05, 4.69) is 16.9 Å². The number of hydrogen-bond acceptors (Lipinski definition) is 4. The molecule has 0 radical (unpaired) electrons. The lowest BCUT2D eigenvalue weighted by Gasteiger charge is -2.22. The van der Waals surface area contributed by atoms with Gasteiger partial charge in [0.2, 0.25) is 5.91 Å². The predicted octanol–water partition coefficient (Wildman–Crippen LogP) is 1.40. The lowest BCUT2D eigenvalue weighted by atomic mass is 10.1. The molecule has 0 unspecified atom stereocenters. The molecular formula is C13H26N2O2S. The highest BCUT2D eigenvalue weighted by atomic mass is 32.2. The molecule has 0 bridgehead atoms. The van der Waals surface area contributed by atoms with E-state index < -0.39 is 0 Å². The van der Waals surface area contributed by atoms with Gasteiger partial charge in [0.1, 0.15) is 6.61 Å². The van der Waals surface area contributed by atoms with E-state index in [0.29, 0.717) is 0 Å². The van der Waals surface area contributed by atoms with Gasteiger partial charge >= 0.3 is 0 Å². The first kappa shape index (κ1) is 15.8. The highest BCUT2D eigenvalue weighted by Crippen LogP contribution is 2.06. The van der Waals surface area contributed by atoms with Crippen molar-refractivity contribution in [1.29, 1.82) is 0 Å². The standard InChI is InChI=1S/C13H26N2O2S/c1-18-10-4-2-3-7-15-13(16)11-17-12-5-8-14-9-6-12/h12,14H,2-11H2,1H3,(H,15,16). The maximum Gasteiger partial charge on any atom is 0.246 e. The molecule has 1 aliphatic rings. The van der Waals surface area contributed by atoms with E-state index in [0.717, 1.165) is 38.9 Å². The van der Waals surface area contributed by atoms with Crippen molar-refractivity contribution in [2.24, 2.45) is 0 Å². The highest BCUT2D eigenvalue weighted by molar-refractivity contribution is 7.98. The van der Waals surface area contributed by atoms with Gasteiger partial charge in [-0.25, -0.2) is 0 Å². The van der Waals surface area contributed by atoms with Crippen LogP contribution in [0.1, 0.15) is 32.1 Å². The number of unbranched alkanes of at least 4 members (excludes halogenated alkanes) is 2. The largest absolute Gasteiger partial charge is 0.368 e. The van der Waals surface area contributed by atoms with Crippen molar-refractivity contribution >= 4 is 17.7 Å². The summed E-state index contributed by atoms with van der Waals surface area (Å²) in [5.41, 5.74) is 0. The van der Waals surface area contributed by atoms with Gasteiger partial charge < -0.3 is 15.4 Å². The summed E-state index contributed by atoms with van der Waals surface area (Å²) in [7, 11) is 0. The zero-order valence-electron chi connectivity index (χ0n) is 11.4. The number of thioether (sulfide) groups is 1. The maximum atomic E-state index is 11.5. The number of ether oxygens (including phenoxy) is 1. The number of carbonyl (C=O) groups excluding carboxylic acids is 1. The number of carbonyl (C=O) groups is 1. The number of amides is 1. The molecule has 1 aliphatic heterocycles. The van der Waals surface area contributed by atoms with Crippen molar-refractivity contribution in [3.63, 3.8) is 0 Å². The summed E-state index contributed by atoms with van der Waals surface area (Å²) in [6.45, 7) is 3.00. The van der Waals surface area contributed by atoms with Crippen molar-refractivity contribution in [2.45, 2.75) is 38.2 Å². The second-order valence-corrected chi connectivity index (χ2v) is 5.65. The quantitative estimate of drug-likeness (QED) is 0.624. The molecule has 5 heteroatoms. The fourth-order valence-corrected chi connectivity index (χ4v) is 2.48. The average Bonchev–Trinajstić information content (AvgIpc) is 2.41. The van der Waals surface area contributed by atoms with Crippen LogP contribution >= 0.6 is 11.8 Å². The summed E-state index contributed by atoms with van der Waals surface area (Å²) in [4.78, 5) is 11.5. The molecule has 106 valence electrons. The lowest BCUT2D eigenvalue weighted by Crippen LogP contribution is -2.36. The highest BCUT2D eigenvalue weighted by Gasteiger charge is 2.14. The van der Waals surface area contributed by atoms with Gasteiger partial charge in [-0.3, -0.25) is 4.79 Å². The third kappa shape index (κ3) is 7.95. The molecule has 0 saturated carbocycles. The minimum absolute atomic E-state index is 0.0263. The van der Waals surface area contributed by atoms with Crippen LogP contribution in [-0.2, 0) is 9.53 Å². The Bertz CT molecular complexity index is 221. The zero-order chi connectivity index (χ0) is 13.1. The number of rotatable bonds is 9. The maximum absolute atomic E-state index is 11.5.